The van der Waals surface area contributed by atoms with E-state index in [0.717, 1.165) is 10.2 Å². The molecule has 0 fully saturated rings. The molecule has 2 heterocycles. The molecular formula is C7H5N3S2. The lowest BCUT2D eigenvalue weighted by atomic mass is 10.4. The molecule has 0 unspecified atom stereocenters. The normalized spacial score (nSPS) is 10.3. The van der Waals surface area contributed by atoms with E-state index in [-0.39, 0.29) is 0 Å². The minimum atomic E-state index is 0.657. The van der Waals surface area contributed by atoms with Crippen LogP contribution in [0.15, 0.2) is 17.8 Å². The van der Waals surface area contributed by atoms with Crippen molar-refractivity contribution in [1.29, 1.82) is 5.41 Å². The van der Waals surface area contributed by atoms with Crippen molar-refractivity contribution < 1.29 is 0 Å². The van der Waals surface area contributed by atoms with Crippen LogP contribution < -0.4 is 0 Å². The van der Waals surface area contributed by atoms with Crippen LogP contribution in [0.3, 0.4) is 0 Å². The number of nitrogens with one attached hydrogen (secondary N) is 1. The molecule has 0 radical (unpaired) electrons. The molecule has 0 aliphatic rings. The Bertz CT molecular complexity index is 483. The second-order valence-corrected chi connectivity index (χ2v) is 3.47. The highest BCUT2D eigenvalue weighted by Crippen LogP contribution is 2.17. The zero-order valence-corrected chi connectivity index (χ0v) is 7.65. The molecule has 0 spiro atoms. The van der Waals surface area contributed by atoms with Gasteiger partial charge < -0.3 is 0 Å². The van der Waals surface area contributed by atoms with E-state index >= 15 is 0 Å². The first-order valence-electron chi connectivity index (χ1n) is 3.28. The number of aromatic nitrogens is 2. The predicted octanol–water partition coefficient (Wildman–Crippen LogP) is 2.28. The molecule has 2 rings (SSSR count). The fourth-order valence-corrected chi connectivity index (χ4v) is 2.05. The zero-order chi connectivity index (χ0) is 8.55. The molecule has 60 valence electrons. The van der Waals surface area contributed by atoms with Crippen LogP contribution in [-0.2, 0) is 0 Å². The third kappa shape index (κ3) is 0.981. The van der Waals surface area contributed by atoms with Crippen molar-refractivity contribution in [3.8, 4) is 0 Å². The summed E-state index contributed by atoms with van der Waals surface area (Å²) in [5.74, 6) is 0. The van der Waals surface area contributed by atoms with E-state index in [1.807, 2.05) is 6.07 Å². The highest BCUT2D eigenvalue weighted by molar-refractivity contribution is 7.71. The molecule has 12 heavy (non-hydrogen) atoms. The number of fused-ring (bicyclic) bond motifs is 1. The van der Waals surface area contributed by atoms with Crippen LogP contribution in [-0.4, -0.2) is 15.9 Å². The van der Waals surface area contributed by atoms with Crippen LogP contribution >= 0.6 is 23.6 Å². The highest BCUT2D eigenvalue weighted by Gasteiger charge is 1.98. The molecule has 2 aromatic heterocycles. The van der Waals surface area contributed by atoms with Gasteiger partial charge in [-0.05, 0) is 6.07 Å². The molecule has 0 atom stereocenters. The van der Waals surface area contributed by atoms with Gasteiger partial charge in [0.25, 0.3) is 0 Å². The Hall–Kier alpha value is -1.07. The van der Waals surface area contributed by atoms with E-state index < -0.39 is 0 Å². The lowest BCUT2D eigenvalue weighted by Crippen LogP contribution is -1.95. The number of pyridine rings is 1. The molecule has 0 bridgehead atoms. The first-order chi connectivity index (χ1) is 5.83. The topological polar surface area (TPSA) is 41.7 Å². The summed E-state index contributed by atoms with van der Waals surface area (Å²) in [5.41, 5.74) is 2.66. The quantitative estimate of drug-likeness (QED) is 0.431. The summed E-state index contributed by atoms with van der Waals surface area (Å²) in [4.78, 5) is 4.12. The maximum Gasteiger partial charge on any atom is 0.130 e. The van der Waals surface area contributed by atoms with Crippen molar-refractivity contribution >= 4 is 40.1 Å². The largest absolute Gasteiger partial charge is 0.298 e. The van der Waals surface area contributed by atoms with Crippen LogP contribution in [0.5, 0.6) is 0 Å². The van der Waals surface area contributed by atoms with Crippen molar-refractivity contribution in [2.45, 2.75) is 0 Å². The Labute approximate surface area is 77.8 Å². The number of hydrogen-bond acceptors (Lipinski definition) is 4. The Morgan fingerprint density at radius 1 is 1.67 bits per heavy atom. The van der Waals surface area contributed by atoms with E-state index in [0.29, 0.717) is 4.64 Å². The van der Waals surface area contributed by atoms with Crippen molar-refractivity contribution in [1.82, 2.24) is 9.55 Å². The Morgan fingerprint density at radius 2 is 2.50 bits per heavy atom. The van der Waals surface area contributed by atoms with Crippen LogP contribution in [0.4, 0.5) is 0 Å². The van der Waals surface area contributed by atoms with Crippen LogP contribution in [0.2, 0.25) is 0 Å². The number of thiazole rings is 1. The van der Waals surface area contributed by atoms with Crippen molar-refractivity contribution in [3.05, 3.63) is 22.4 Å². The van der Waals surface area contributed by atoms with E-state index in [1.54, 1.807) is 16.3 Å². The fraction of sp³-hybridized carbons (Fsp3) is 0. The lowest BCUT2D eigenvalue weighted by Gasteiger charge is -1.96. The third-order valence-corrected chi connectivity index (χ3v) is 2.95. The molecule has 0 aliphatic heterocycles. The van der Waals surface area contributed by atoms with Gasteiger partial charge in [-0.25, -0.2) is 4.98 Å². The molecule has 0 saturated heterocycles. The summed E-state index contributed by atoms with van der Waals surface area (Å²) in [6.45, 7) is 0. The average molecular weight is 195 g/mol. The van der Waals surface area contributed by atoms with Gasteiger partial charge in [-0.2, -0.15) is 0 Å². The first-order valence-corrected chi connectivity index (χ1v) is 4.56. The molecular weight excluding hydrogens is 190 g/mol. The number of nitrogens with zero attached hydrogens (tertiary/aromatic N) is 2. The Morgan fingerprint density at radius 3 is 3.25 bits per heavy atom. The summed E-state index contributed by atoms with van der Waals surface area (Å²) in [6, 6.07) is 1.85. The van der Waals surface area contributed by atoms with Crippen LogP contribution in [0, 0.1) is 10.0 Å². The van der Waals surface area contributed by atoms with Crippen molar-refractivity contribution in [2.24, 2.45) is 0 Å². The SMILES string of the molecule is N=Cn1ccc2ncsc2c1=S. The zero-order valence-electron chi connectivity index (χ0n) is 6.02. The van der Waals surface area contributed by atoms with Gasteiger partial charge in [-0.1, -0.05) is 12.2 Å². The Balaban J connectivity index is 2.96. The smallest absolute Gasteiger partial charge is 0.130 e. The molecule has 2 aromatic rings. The number of hydrogen-bond donors (Lipinski definition) is 1. The molecule has 5 heteroatoms. The predicted molar refractivity (Wildman–Crippen MR) is 52.6 cm³/mol. The standard InChI is InChI=1S/C7H5N3S2/c8-3-10-2-1-5-6(7(10)11)12-4-9-5/h1-4,8H. The summed E-state index contributed by atoms with van der Waals surface area (Å²) in [6.07, 6.45) is 2.94. The van der Waals surface area contributed by atoms with Gasteiger partial charge in [0, 0.05) is 6.20 Å². The van der Waals surface area contributed by atoms with Crippen LogP contribution in [0.25, 0.3) is 10.2 Å². The maximum atomic E-state index is 7.07. The first kappa shape index (κ1) is 7.57. The van der Waals surface area contributed by atoms with Gasteiger partial charge in [0.05, 0.1) is 22.1 Å². The van der Waals surface area contributed by atoms with Gasteiger partial charge >= 0.3 is 0 Å². The van der Waals surface area contributed by atoms with Gasteiger partial charge in [0.15, 0.2) is 0 Å². The van der Waals surface area contributed by atoms with Crippen LogP contribution in [0.1, 0.15) is 0 Å². The van der Waals surface area contributed by atoms with Gasteiger partial charge in [-0.15, -0.1) is 11.3 Å². The van der Waals surface area contributed by atoms with E-state index in [1.165, 1.54) is 17.7 Å². The summed E-state index contributed by atoms with van der Waals surface area (Å²) in [7, 11) is 0. The highest BCUT2D eigenvalue weighted by atomic mass is 32.1. The lowest BCUT2D eigenvalue weighted by molar-refractivity contribution is 1.13. The van der Waals surface area contributed by atoms with E-state index in [4.69, 9.17) is 17.6 Å². The average Bonchev–Trinajstić information content (AvgIpc) is 2.53. The minimum absolute atomic E-state index is 0.657. The molecule has 0 aromatic carbocycles. The van der Waals surface area contributed by atoms with Gasteiger partial charge in [0.1, 0.15) is 4.64 Å². The van der Waals surface area contributed by atoms with Gasteiger partial charge in [-0.3, -0.25) is 9.98 Å². The maximum absolute atomic E-state index is 7.07. The molecule has 1 N–H and O–H groups in total. The third-order valence-electron chi connectivity index (χ3n) is 1.56. The van der Waals surface area contributed by atoms with E-state index in [9.17, 15) is 0 Å². The second kappa shape index (κ2) is 2.76. The fourth-order valence-electron chi connectivity index (χ4n) is 0.971. The van der Waals surface area contributed by atoms with Crippen molar-refractivity contribution in [2.75, 3.05) is 0 Å². The Kier molecular flexibility index (Phi) is 1.74. The minimum Gasteiger partial charge on any atom is -0.298 e. The summed E-state index contributed by atoms with van der Waals surface area (Å²) < 4.78 is 3.22. The molecule has 0 saturated carbocycles. The number of rotatable bonds is 1. The second-order valence-electron chi connectivity index (χ2n) is 2.22. The van der Waals surface area contributed by atoms with E-state index in [2.05, 4.69) is 4.98 Å². The molecule has 0 amide bonds. The molecule has 0 aliphatic carbocycles. The van der Waals surface area contributed by atoms with Gasteiger partial charge in [0.2, 0.25) is 0 Å². The van der Waals surface area contributed by atoms with Crippen molar-refractivity contribution in [3.63, 3.8) is 0 Å². The monoisotopic (exact) mass is 195 g/mol. The molecule has 3 nitrogen and oxygen atoms in total. The summed E-state index contributed by atoms with van der Waals surface area (Å²) >= 11 is 6.63. The summed E-state index contributed by atoms with van der Waals surface area (Å²) in [5, 5.41) is 7.07.